The first-order valence-electron chi connectivity index (χ1n) is 5.65. The van der Waals surface area contributed by atoms with Crippen molar-refractivity contribution >= 4 is 12.4 Å². The zero-order valence-corrected chi connectivity index (χ0v) is 9.89. The summed E-state index contributed by atoms with van der Waals surface area (Å²) in [5.41, 5.74) is 0. The molecule has 0 heterocycles. The smallest absolute Gasteiger partial charge is 0.0435 e. The van der Waals surface area contributed by atoms with Crippen LogP contribution >= 0.6 is 0 Å². The Morgan fingerprint density at radius 3 is 1.67 bits per heavy atom. The van der Waals surface area contributed by atoms with Gasteiger partial charge >= 0.3 is 0 Å². The lowest BCUT2D eigenvalue weighted by Crippen LogP contribution is -1.75. The molecule has 0 aromatic carbocycles. The molecule has 15 heavy (non-hydrogen) atoms. The van der Waals surface area contributed by atoms with Gasteiger partial charge in [-0.2, -0.15) is 0 Å². The second kappa shape index (κ2) is 18.7. The van der Waals surface area contributed by atoms with E-state index in [2.05, 4.69) is 24.2 Å². The highest BCUT2D eigenvalue weighted by Gasteiger charge is 1.80. The average Bonchev–Trinajstić information content (AvgIpc) is 2.26. The first-order chi connectivity index (χ1) is 7.33. The molecule has 0 aromatic heterocycles. The Labute approximate surface area is 92.7 Å². The summed E-state index contributed by atoms with van der Waals surface area (Å²) in [6.45, 7) is 4.25. The third-order valence-electron chi connectivity index (χ3n) is 1.79. The summed E-state index contributed by atoms with van der Waals surface area (Å²) in [7, 11) is 0. The maximum Gasteiger partial charge on any atom is 0.0435 e. The zero-order chi connectivity index (χ0) is 11.8. The quantitative estimate of drug-likeness (QED) is 0.295. The molecule has 0 saturated heterocycles. The standard InChI is InChI=1S/C6H13NO.C5H11NO/c1-2-3-4-5-6-7-8;1-2-3-4-5-6-7/h6,8H,2-5H2,1H3;5,7H,2-4H2,1H3. The Morgan fingerprint density at radius 2 is 1.27 bits per heavy atom. The van der Waals surface area contributed by atoms with Gasteiger partial charge in [-0.25, -0.2) is 0 Å². The van der Waals surface area contributed by atoms with E-state index in [1.807, 2.05) is 0 Å². The Kier molecular flexibility index (Phi) is 20.4. The lowest BCUT2D eigenvalue weighted by Gasteiger charge is -1.87. The van der Waals surface area contributed by atoms with Crippen molar-refractivity contribution < 1.29 is 10.4 Å². The van der Waals surface area contributed by atoms with Crippen molar-refractivity contribution in [1.82, 2.24) is 0 Å². The molecule has 0 bridgehead atoms. The Hall–Kier alpha value is -1.06. The van der Waals surface area contributed by atoms with Crippen LogP contribution in [0.5, 0.6) is 0 Å². The van der Waals surface area contributed by atoms with Gasteiger partial charge in [-0.3, -0.25) is 0 Å². The van der Waals surface area contributed by atoms with E-state index in [1.165, 1.54) is 25.3 Å². The molecule has 0 atom stereocenters. The topological polar surface area (TPSA) is 65.2 Å². The number of hydrogen-bond acceptors (Lipinski definition) is 4. The normalized spacial score (nSPS) is 10.5. The fraction of sp³-hybridized carbons (Fsp3) is 0.818. The number of rotatable bonds is 7. The number of nitrogens with zero attached hydrogens (tertiary/aromatic N) is 2. The molecule has 0 saturated carbocycles. The summed E-state index contributed by atoms with van der Waals surface area (Å²) < 4.78 is 0. The molecule has 0 radical (unpaired) electrons. The van der Waals surface area contributed by atoms with E-state index in [0.29, 0.717) is 0 Å². The maximum atomic E-state index is 7.94. The maximum absolute atomic E-state index is 7.94. The molecular weight excluding hydrogens is 192 g/mol. The number of unbranched alkanes of at least 4 members (excludes halogenated alkanes) is 5. The van der Waals surface area contributed by atoms with Crippen LogP contribution in [0.3, 0.4) is 0 Å². The molecule has 0 aromatic rings. The molecule has 0 unspecified atom stereocenters. The molecule has 0 aliphatic heterocycles. The van der Waals surface area contributed by atoms with Crippen molar-refractivity contribution in [2.45, 2.75) is 58.8 Å². The molecule has 0 fully saturated rings. The average molecular weight is 216 g/mol. The number of hydrogen-bond donors (Lipinski definition) is 2. The second-order valence-electron chi connectivity index (χ2n) is 3.23. The molecule has 0 aliphatic carbocycles. The molecule has 4 nitrogen and oxygen atoms in total. The van der Waals surface area contributed by atoms with Crippen molar-refractivity contribution in [3.05, 3.63) is 0 Å². The van der Waals surface area contributed by atoms with Crippen LogP contribution in [0.4, 0.5) is 0 Å². The van der Waals surface area contributed by atoms with Crippen LogP contribution in [0, 0.1) is 0 Å². The van der Waals surface area contributed by atoms with Crippen LogP contribution in [0.25, 0.3) is 0 Å². The lowest BCUT2D eigenvalue weighted by atomic mass is 10.2. The number of oxime groups is 2. The monoisotopic (exact) mass is 216 g/mol. The minimum atomic E-state index is 0.896. The van der Waals surface area contributed by atoms with Crippen molar-refractivity contribution in [1.29, 1.82) is 0 Å². The van der Waals surface area contributed by atoms with E-state index in [-0.39, 0.29) is 0 Å². The minimum Gasteiger partial charge on any atom is -0.411 e. The summed E-state index contributed by atoms with van der Waals surface area (Å²) >= 11 is 0. The van der Waals surface area contributed by atoms with E-state index in [1.54, 1.807) is 0 Å². The van der Waals surface area contributed by atoms with Crippen LogP contribution in [0.1, 0.15) is 58.8 Å². The predicted molar refractivity (Wildman–Crippen MR) is 64.2 cm³/mol. The Bertz CT molecular complexity index is 148. The molecular formula is C11H24N2O2. The van der Waals surface area contributed by atoms with Crippen molar-refractivity contribution in [2.75, 3.05) is 0 Å². The third-order valence-corrected chi connectivity index (χ3v) is 1.79. The second-order valence-corrected chi connectivity index (χ2v) is 3.23. The molecule has 0 spiro atoms. The molecule has 0 aliphatic rings. The molecule has 2 N–H and O–H groups in total. The van der Waals surface area contributed by atoms with Gasteiger partial charge in [0.05, 0.1) is 0 Å². The van der Waals surface area contributed by atoms with E-state index in [0.717, 1.165) is 32.1 Å². The predicted octanol–water partition coefficient (Wildman–Crippen LogP) is 3.66. The zero-order valence-electron chi connectivity index (χ0n) is 9.89. The highest BCUT2D eigenvalue weighted by molar-refractivity contribution is 5.56. The highest BCUT2D eigenvalue weighted by atomic mass is 16.4. The molecule has 90 valence electrons. The van der Waals surface area contributed by atoms with Gasteiger partial charge in [-0.05, 0) is 25.7 Å². The van der Waals surface area contributed by atoms with Gasteiger partial charge in [0.1, 0.15) is 0 Å². The van der Waals surface area contributed by atoms with Crippen LogP contribution in [0.15, 0.2) is 10.3 Å². The van der Waals surface area contributed by atoms with E-state index in [9.17, 15) is 0 Å². The molecule has 0 rings (SSSR count). The Balaban J connectivity index is 0. The van der Waals surface area contributed by atoms with Gasteiger partial charge in [0.15, 0.2) is 0 Å². The van der Waals surface area contributed by atoms with E-state index < -0.39 is 0 Å². The summed E-state index contributed by atoms with van der Waals surface area (Å²) in [5, 5.41) is 21.5. The molecule has 4 heteroatoms. The Morgan fingerprint density at radius 1 is 0.800 bits per heavy atom. The van der Waals surface area contributed by atoms with Crippen LogP contribution < -0.4 is 0 Å². The summed E-state index contributed by atoms with van der Waals surface area (Å²) in [6.07, 6.45) is 10.7. The van der Waals surface area contributed by atoms with E-state index >= 15 is 0 Å². The van der Waals surface area contributed by atoms with Gasteiger partial charge in [-0.15, -0.1) is 10.3 Å². The highest BCUT2D eigenvalue weighted by Crippen LogP contribution is 1.95. The van der Waals surface area contributed by atoms with Gasteiger partial charge in [-0.1, -0.05) is 33.1 Å². The summed E-state index contributed by atoms with van der Waals surface area (Å²) in [4.78, 5) is 0. The van der Waals surface area contributed by atoms with Crippen molar-refractivity contribution in [2.24, 2.45) is 10.3 Å². The SMILES string of the molecule is CCCCC=NO.CCCCCC=NO. The first-order valence-corrected chi connectivity index (χ1v) is 5.65. The minimum absolute atomic E-state index is 0.896. The van der Waals surface area contributed by atoms with Crippen LogP contribution in [-0.4, -0.2) is 22.8 Å². The van der Waals surface area contributed by atoms with Crippen LogP contribution in [-0.2, 0) is 0 Å². The summed E-state index contributed by atoms with van der Waals surface area (Å²) in [5.74, 6) is 0. The summed E-state index contributed by atoms with van der Waals surface area (Å²) in [6, 6.07) is 0. The third kappa shape index (κ3) is 24.6. The van der Waals surface area contributed by atoms with Crippen LogP contribution in [0.2, 0.25) is 0 Å². The first kappa shape index (κ1) is 16.4. The largest absolute Gasteiger partial charge is 0.411 e. The van der Waals surface area contributed by atoms with Crippen molar-refractivity contribution in [3.8, 4) is 0 Å². The fourth-order valence-electron chi connectivity index (χ4n) is 0.897. The fourth-order valence-corrected chi connectivity index (χ4v) is 0.897. The lowest BCUT2D eigenvalue weighted by molar-refractivity contribution is 0.320. The van der Waals surface area contributed by atoms with Gasteiger partial charge in [0, 0.05) is 12.4 Å². The van der Waals surface area contributed by atoms with Gasteiger partial charge < -0.3 is 10.4 Å². The van der Waals surface area contributed by atoms with Crippen molar-refractivity contribution in [3.63, 3.8) is 0 Å². The van der Waals surface area contributed by atoms with E-state index in [4.69, 9.17) is 10.4 Å². The van der Waals surface area contributed by atoms with Gasteiger partial charge in [0.25, 0.3) is 0 Å². The van der Waals surface area contributed by atoms with Gasteiger partial charge in [0.2, 0.25) is 0 Å². The molecule has 0 amide bonds.